The van der Waals surface area contributed by atoms with Gasteiger partial charge in [0.2, 0.25) is 29.5 Å². The zero-order chi connectivity index (χ0) is 74.4. The molecule has 6 heterocycles. The number of ether oxygens (including phenoxy) is 9. The van der Waals surface area contributed by atoms with E-state index in [1.54, 1.807) is 83.1 Å². The second-order valence-electron chi connectivity index (χ2n) is 26.7. The van der Waals surface area contributed by atoms with Gasteiger partial charge in [0.25, 0.3) is 12.9 Å². The lowest BCUT2D eigenvalue weighted by atomic mass is 9.94. The molecule has 34 heteroatoms. The smallest absolute Gasteiger partial charge is 0.408 e. The number of carboxylic acid groups (broad SMARTS) is 1. The number of aliphatic carboxylic acids is 1. The highest BCUT2D eigenvalue weighted by molar-refractivity contribution is 5.97. The maximum Gasteiger partial charge on any atom is 0.408 e. The van der Waals surface area contributed by atoms with Crippen LogP contribution in [0.2, 0.25) is 0 Å². The second-order valence-corrected chi connectivity index (χ2v) is 26.7. The SMILES string of the molecule is CC[C@H](NC(=O)OC(C)(C)C)C(=O)N1[C@@H](COC=O)CCC[C@H]1C(=O)OC.CC[C@H](NC(=O)OC(C)(C)C)C(=O)O.COC(=O)[C@@H]1CCC[C@@H]2C(=O)NC[C@H](C)C(=O)N21.COC(=O)[C@@H]1CCC[C@@H]2C(=O)NC[C@H](NC(=O)OC(C)(C)C)C(=O)N21.COC(=O)[C@@H]1CCC[C@H](COC=O)N1. The van der Waals surface area contributed by atoms with Gasteiger partial charge in [-0.1, -0.05) is 20.8 Å². The summed E-state index contributed by atoms with van der Waals surface area (Å²) in [4.78, 5) is 180. The predicted octanol–water partition coefficient (Wildman–Crippen LogP) is 2.21. The van der Waals surface area contributed by atoms with Gasteiger partial charge in [-0.25, -0.2) is 33.6 Å². The molecule has 0 aromatic rings. The molecule has 6 aliphatic heterocycles. The van der Waals surface area contributed by atoms with Crippen molar-refractivity contribution in [2.24, 2.45) is 5.92 Å². The molecule has 6 saturated heterocycles. The van der Waals surface area contributed by atoms with Crippen molar-refractivity contribution in [3.8, 4) is 0 Å². The number of piperidine rings is 4. The maximum atomic E-state index is 13.1. The number of methoxy groups -OCH3 is 4. The topological polar surface area (TPSA) is 441 Å². The summed E-state index contributed by atoms with van der Waals surface area (Å²) in [6.45, 7) is 21.9. The first-order valence-corrected chi connectivity index (χ1v) is 32.8. The van der Waals surface area contributed by atoms with Crippen molar-refractivity contribution in [2.75, 3.05) is 54.7 Å². The van der Waals surface area contributed by atoms with Crippen LogP contribution in [-0.4, -0.2) is 248 Å². The number of nitrogens with zero attached hydrogens (tertiary/aromatic N) is 3. The molecule has 12 atom stereocenters. The molecule has 8 amide bonds. The Hall–Kier alpha value is -8.59. The Labute approximate surface area is 572 Å². The normalized spacial score (nSPS) is 24.3. The fraction of sp³-hybridized carbons (Fsp3) is 0.766. The molecular weight excluding hydrogens is 1290 g/mol. The molecule has 0 radical (unpaired) electrons. The van der Waals surface area contributed by atoms with Gasteiger partial charge in [-0.3, -0.25) is 43.7 Å². The van der Waals surface area contributed by atoms with Crippen LogP contribution in [0.3, 0.4) is 0 Å². The van der Waals surface area contributed by atoms with Crippen LogP contribution in [0.4, 0.5) is 14.4 Å². The fourth-order valence-corrected chi connectivity index (χ4v) is 11.2. The van der Waals surface area contributed by atoms with Crippen LogP contribution < -0.4 is 31.9 Å². The van der Waals surface area contributed by atoms with Crippen molar-refractivity contribution in [2.45, 2.75) is 256 Å². The second kappa shape index (κ2) is 41.0. The Morgan fingerprint density at radius 1 is 0.541 bits per heavy atom. The number of esters is 4. The van der Waals surface area contributed by atoms with Gasteiger partial charge in [0.05, 0.1) is 40.4 Å². The quantitative estimate of drug-likeness (QED) is 0.0623. The Morgan fingerprint density at radius 2 is 0.959 bits per heavy atom. The van der Waals surface area contributed by atoms with E-state index in [2.05, 4.69) is 41.4 Å². The minimum absolute atomic E-state index is 0.0222. The van der Waals surface area contributed by atoms with E-state index in [9.17, 15) is 71.9 Å². The van der Waals surface area contributed by atoms with Crippen molar-refractivity contribution >= 4 is 90.6 Å². The summed E-state index contributed by atoms with van der Waals surface area (Å²) < 4.78 is 43.7. The highest BCUT2D eigenvalue weighted by Gasteiger charge is 2.48. The van der Waals surface area contributed by atoms with Crippen LogP contribution in [-0.2, 0) is 100 Å². The van der Waals surface area contributed by atoms with Gasteiger partial charge in [-0.15, -0.1) is 0 Å². The highest BCUT2D eigenvalue weighted by atomic mass is 16.6. The third-order valence-corrected chi connectivity index (χ3v) is 15.7. The van der Waals surface area contributed by atoms with E-state index in [1.807, 2.05) is 0 Å². The first-order valence-electron chi connectivity index (χ1n) is 32.8. The van der Waals surface area contributed by atoms with Crippen LogP contribution in [0.15, 0.2) is 0 Å². The van der Waals surface area contributed by atoms with Gasteiger partial charge in [-0.05, 0) is 152 Å². The Balaban J connectivity index is 0.000000427. The number of fused-ring (bicyclic) bond motifs is 2. The summed E-state index contributed by atoms with van der Waals surface area (Å²) in [5.41, 5.74) is -2.03. The van der Waals surface area contributed by atoms with Crippen molar-refractivity contribution in [3.05, 3.63) is 0 Å². The first kappa shape index (κ1) is 85.5. The summed E-state index contributed by atoms with van der Waals surface area (Å²) >= 11 is 0. The van der Waals surface area contributed by atoms with E-state index < -0.39 is 125 Å². The fourth-order valence-electron chi connectivity index (χ4n) is 11.2. The zero-order valence-electron chi connectivity index (χ0n) is 59.4. The van der Waals surface area contributed by atoms with Gasteiger partial charge >= 0.3 is 48.1 Å². The number of alkyl carbamates (subject to hydrolysis) is 3. The summed E-state index contributed by atoms with van der Waals surface area (Å²) in [7, 11) is 5.17. The van der Waals surface area contributed by atoms with Crippen LogP contribution in [0.5, 0.6) is 0 Å². The molecule has 7 N–H and O–H groups in total. The molecule has 6 aliphatic rings. The number of rotatable bonds is 17. The molecule has 6 fully saturated rings. The zero-order valence-corrected chi connectivity index (χ0v) is 59.4. The summed E-state index contributed by atoms with van der Waals surface area (Å²) in [6, 6.07) is -6.91. The van der Waals surface area contributed by atoms with Crippen molar-refractivity contribution in [1.29, 1.82) is 0 Å². The Kier molecular flexibility index (Phi) is 35.7. The molecule has 98 heavy (non-hydrogen) atoms. The van der Waals surface area contributed by atoms with Crippen LogP contribution in [0, 0.1) is 5.92 Å². The first-order chi connectivity index (χ1) is 45.9. The minimum atomic E-state index is -1.06. The summed E-state index contributed by atoms with van der Waals surface area (Å²) in [5.74, 6) is -4.72. The standard InChI is InChI=1S/C18H30N2O7.C16H25N3O6.C12H18N2O4.C9H15NO4.C9H17NO4/c1-6-13(19-17(24)27-18(2,3)4)15(22)20-12(10-26-11-21)8-7-9-14(20)16(23)25-5;1-16(2,3)25-15(23)18-9-8-17-12(20)10-6-5-7-11(14(22)24-4)19(10)13(9)21;1-7-6-13-10(15)8-4-3-5-9(12(17)18-2)14(8)11(7)16;1-13-9(12)8-4-2-3-7(10-8)5-14-6-11;1-5-6(7(11)12)10-8(13)14-9(2,3)4/h11-14H,6-10H2,1-5H3,(H,19,24);9-11H,5-8H2,1-4H3,(H,17,20)(H,18,23);7-9H,3-6H2,1-2H3,(H,13,15);6-8,10H,2-5H2,1H3;6H,5H2,1-4H3,(H,10,13)(H,11,12)/t12-,13+,14+;9-,10+,11-;7-,8+,9-;7-,8+;6-/m10010/s1. The van der Waals surface area contributed by atoms with Gasteiger partial charge in [0.1, 0.15) is 84.4 Å². The number of hydrogen-bond acceptors (Lipinski definition) is 25. The lowest BCUT2D eigenvalue weighted by Gasteiger charge is -2.41. The molecule has 0 unspecified atom stereocenters. The van der Waals surface area contributed by atoms with E-state index in [4.69, 9.17) is 38.3 Å². The largest absolute Gasteiger partial charge is 0.480 e. The molecule has 0 aromatic carbocycles. The lowest BCUT2D eigenvalue weighted by Crippen LogP contribution is -2.60. The van der Waals surface area contributed by atoms with Crippen LogP contribution >= 0.6 is 0 Å². The van der Waals surface area contributed by atoms with Crippen molar-refractivity contribution in [1.82, 2.24) is 46.6 Å². The number of amides is 8. The molecule has 0 aliphatic carbocycles. The summed E-state index contributed by atoms with van der Waals surface area (Å²) in [5, 5.41) is 24.4. The molecule has 0 bridgehead atoms. The third-order valence-electron chi connectivity index (χ3n) is 15.7. The average Bonchev–Trinajstić information content (AvgIpc) is 1.46. The average molecular weight is 1400 g/mol. The molecular formula is C64H105N9O25. The number of hydrogen-bond donors (Lipinski definition) is 7. The van der Waals surface area contributed by atoms with Gasteiger partial charge in [0, 0.05) is 19.1 Å². The number of likely N-dealkylation sites (tertiary alicyclic amines) is 1. The molecule has 0 spiro atoms. The minimum Gasteiger partial charge on any atom is -0.480 e. The van der Waals surface area contributed by atoms with Crippen LogP contribution in [0.1, 0.15) is 173 Å². The maximum absolute atomic E-state index is 13.1. The van der Waals surface area contributed by atoms with Gasteiger partial charge < -0.3 is 89.0 Å². The Morgan fingerprint density at radius 3 is 1.42 bits per heavy atom. The van der Waals surface area contributed by atoms with E-state index in [0.717, 1.165) is 25.7 Å². The van der Waals surface area contributed by atoms with Crippen LogP contribution in [0.25, 0.3) is 0 Å². The summed E-state index contributed by atoms with van der Waals surface area (Å²) in [6.07, 6.45) is 6.25. The van der Waals surface area contributed by atoms with Gasteiger partial charge in [-0.2, -0.15) is 0 Å². The van der Waals surface area contributed by atoms with E-state index in [0.29, 0.717) is 90.3 Å². The molecule has 0 saturated carbocycles. The van der Waals surface area contributed by atoms with E-state index >= 15 is 0 Å². The number of carboxylic acids is 1. The number of carbonyl (C=O) groups excluding carboxylic acids is 14. The van der Waals surface area contributed by atoms with Gasteiger partial charge in [0.15, 0.2) is 0 Å². The predicted molar refractivity (Wildman–Crippen MR) is 344 cm³/mol. The lowest BCUT2D eigenvalue weighted by molar-refractivity contribution is -0.160. The number of nitrogens with one attached hydrogen (secondary N) is 6. The monoisotopic (exact) mass is 1400 g/mol. The molecule has 556 valence electrons. The molecule has 34 nitrogen and oxygen atoms in total. The Bertz CT molecular complexity index is 2730. The van der Waals surface area contributed by atoms with E-state index in [-0.39, 0.29) is 54.8 Å². The third kappa shape index (κ3) is 28.1. The van der Waals surface area contributed by atoms with Crippen molar-refractivity contribution in [3.63, 3.8) is 0 Å². The molecule has 0 aromatic heterocycles. The highest BCUT2D eigenvalue weighted by Crippen LogP contribution is 2.30. The molecule has 6 rings (SSSR count). The van der Waals surface area contributed by atoms with Crippen molar-refractivity contribution < 1.29 is 120 Å². The number of carbonyl (C=O) groups is 15. The van der Waals surface area contributed by atoms with E-state index in [1.165, 1.54) is 43.1 Å².